The average molecular weight is 402 g/mol. The first-order chi connectivity index (χ1) is 14.2. The van der Waals surface area contributed by atoms with Crippen LogP contribution in [0.3, 0.4) is 0 Å². The molecule has 0 fully saturated rings. The van der Waals surface area contributed by atoms with Gasteiger partial charge in [-0.2, -0.15) is 0 Å². The van der Waals surface area contributed by atoms with Crippen molar-refractivity contribution >= 4 is 11.5 Å². The summed E-state index contributed by atoms with van der Waals surface area (Å²) in [6, 6.07) is 21.2. The second-order valence-corrected chi connectivity index (χ2v) is 8.89. The predicted octanol–water partition coefficient (Wildman–Crippen LogP) is 5.71. The van der Waals surface area contributed by atoms with Gasteiger partial charge in [0.2, 0.25) is 0 Å². The summed E-state index contributed by atoms with van der Waals surface area (Å²) in [6.45, 7) is 8.19. The number of aliphatic hydroxyl groups excluding tert-OH is 1. The number of esters is 1. The summed E-state index contributed by atoms with van der Waals surface area (Å²) in [4.78, 5) is 13.4. The third-order valence-electron chi connectivity index (χ3n) is 5.59. The summed E-state index contributed by atoms with van der Waals surface area (Å²) in [5.74, 6) is -0.474. The van der Waals surface area contributed by atoms with E-state index in [9.17, 15) is 9.90 Å². The number of rotatable bonds is 3. The second kappa shape index (κ2) is 7.21. The molecule has 2 heterocycles. The van der Waals surface area contributed by atoms with Crippen LogP contribution in [0.4, 0.5) is 0 Å². The van der Waals surface area contributed by atoms with E-state index < -0.39 is 11.6 Å². The van der Waals surface area contributed by atoms with E-state index in [1.54, 1.807) is 0 Å². The molecule has 0 spiro atoms. The first-order valence-electron chi connectivity index (χ1n) is 10.2. The molecular weight excluding hydrogens is 374 g/mol. The van der Waals surface area contributed by atoms with Crippen LogP contribution in [-0.2, 0) is 20.7 Å². The number of benzene rings is 2. The number of aryl methyl sites for hydroxylation is 1. The van der Waals surface area contributed by atoms with Crippen LogP contribution in [0.1, 0.15) is 49.6 Å². The average Bonchev–Trinajstić information content (AvgIpc) is 3.10. The van der Waals surface area contributed by atoms with Gasteiger partial charge in [0.15, 0.2) is 5.60 Å². The Morgan fingerprint density at radius 2 is 1.50 bits per heavy atom. The van der Waals surface area contributed by atoms with Gasteiger partial charge in [0.1, 0.15) is 11.3 Å². The molecule has 0 amide bonds. The van der Waals surface area contributed by atoms with Gasteiger partial charge in [0.25, 0.3) is 0 Å². The van der Waals surface area contributed by atoms with Crippen LogP contribution in [-0.4, -0.2) is 15.6 Å². The molecule has 154 valence electrons. The monoisotopic (exact) mass is 401 g/mol. The van der Waals surface area contributed by atoms with Gasteiger partial charge in [-0.3, -0.25) is 0 Å². The Bertz CT molecular complexity index is 1060. The third-order valence-corrected chi connectivity index (χ3v) is 5.59. The van der Waals surface area contributed by atoms with Crippen molar-refractivity contribution < 1.29 is 14.6 Å². The molecule has 4 nitrogen and oxygen atoms in total. The van der Waals surface area contributed by atoms with Crippen molar-refractivity contribution in [3.63, 3.8) is 0 Å². The number of aromatic nitrogens is 1. The molecule has 0 aliphatic carbocycles. The summed E-state index contributed by atoms with van der Waals surface area (Å²) in [6.07, 6.45) is 2.18. The molecular formula is C26H27NO3. The fraction of sp³-hybridized carbons (Fsp3) is 0.269. The van der Waals surface area contributed by atoms with E-state index >= 15 is 0 Å². The van der Waals surface area contributed by atoms with Gasteiger partial charge in [-0.25, -0.2) is 4.79 Å². The number of cyclic esters (lactones) is 1. The van der Waals surface area contributed by atoms with E-state index in [-0.39, 0.29) is 23.3 Å². The number of hydrogen-bond acceptors (Lipinski definition) is 3. The van der Waals surface area contributed by atoms with Crippen molar-refractivity contribution in [1.82, 2.24) is 4.57 Å². The number of carbonyl (C=O) groups excluding carboxylic acids is 1. The minimum absolute atomic E-state index is 0.0440. The zero-order valence-corrected chi connectivity index (χ0v) is 17.8. The van der Waals surface area contributed by atoms with E-state index in [4.69, 9.17) is 4.74 Å². The predicted molar refractivity (Wildman–Crippen MR) is 118 cm³/mol. The van der Waals surface area contributed by atoms with Crippen LogP contribution >= 0.6 is 0 Å². The topological polar surface area (TPSA) is 51.5 Å². The number of carbonyl (C=O) groups is 1. The highest BCUT2D eigenvalue weighted by molar-refractivity contribution is 6.17. The maximum absolute atomic E-state index is 13.4. The van der Waals surface area contributed by atoms with Crippen molar-refractivity contribution in [2.24, 2.45) is 0 Å². The van der Waals surface area contributed by atoms with Crippen molar-refractivity contribution in [3.05, 3.63) is 101 Å². The fourth-order valence-electron chi connectivity index (χ4n) is 4.19. The van der Waals surface area contributed by atoms with E-state index in [0.29, 0.717) is 5.69 Å². The van der Waals surface area contributed by atoms with Crippen molar-refractivity contribution in [2.45, 2.75) is 45.3 Å². The molecule has 0 saturated carbocycles. The summed E-state index contributed by atoms with van der Waals surface area (Å²) < 4.78 is 8.21. The van der Waals surface area contributed by atoms with E-state index in [1.807, 2.05) is 84.4 Å². The molecule has 1 aliphatic rings. The molecule has 1 aliphatic heterocycles. The normalized spacial score (nSPS) is 16.5. The van der Waals surface area contributed by atoms with Gasteiger partial charge in [0, 0.05) is 22.9 Å². The van der Waals surface area contributed by atoms with Crippen LogP contribution in [0.25, 0.3) is 5.57 Å². The Morgan fingerprint density at radius 3 is 1.97 bits per heavy atom. The lowest BCUT2D eigenvalue weighted by molar-refractivity contribution is -0.152. The molecule has 0 unspecified atom stereocenters. The zero-order valence-electron chi connectivity index (χ0n) is 17.8. The highest BCUT2D eigenvalue weighted by atomic mass is 16.6. The van der Waals surface area contributed by atoms with E-state index in [0.717, 1.165) is 16.7 Å². The molecule has 1 aromatic heterocycles. The molecule has 2 aromatic carbocycles. The largest absolute Gasteiger partial charge is 0.511 e. The van der Waals surface area contributed by atoms with Crippen LogP contribution in [0, 0.1) is 6.92 Å². The Kier molecular flexibility index (Phi) is 4.81. The van der Waals surface area contributed by atoms with Crippen molar-refractivity contribution in [3.8, 4) is 0 Å². The first kappa shape index (κ1) is 20.0. The Morgan fingerprint density at radius 1 is 0.967 bits per heavy atom. The van der Waals surface area contributed by atoms with Crippen LogP contribution in [0.15, 0.2) is 78.7 Å². The minimum atomic E-state index is -1.07. The number of aliphatic hydroxyl groups is 1. The number of nitrogens with zero attached hydrogens (tertiary/aromatic N) is 1. The van der Waals surface area contributed by atoms with E-state index in [1.165, 1.54) is 0 Å². The molecule has 30 heavy (non-hydrogen) atoms. The number of ether oxygens (including phenoxy) is 1. The zero-order chi connectivity index (χ0) is 21.5. The van der Waals surface area contributed by atoms with Crippen LogP contribution in [0.5, 0.6) is 0 Å². The molecule has 0 radical (unpaired) electrons. The van der Waals surface area contributed by atoms with Crippen LogP contribution < -0.4 is 0 Å². The van der Waals surface area contributed by atoms with Crippen LogP contribution in [0.2, 0.25) is 0 Å². The molecule has 4 heteroatoms. The SMILES string of the molecule is Cc1cc(C2=C(O)CC(c3ccccc3)(c3ccccc3)OC2=O)n(C(C)(C)C)c1. The summed E-state index contributed by atoms with van der Waals surface area (Å²) >= 11 is 0. The standard InChI is InChI=1S/C26H27NO3/c1-18-15-21(27(17-18)25(2,3)4)23-22(28)16-26(30-24(23)29,19-11-7-5-8-12-19)20-13-9-6-10-14-20/h5-15,17,28H,16H2,1-4H3. The molecule has 0 saturated heterocycles. The Balaban J connectivity index is 1.90. The molecule has 0 bridgehead atoms. The van der Waals surface area contributed by atoms with Gasteiger partial charge in [0.05, 0.1) is 12.1 Å². The molecule has 3 aromatic rings. The first-order valence-corrected chi connectivity index (χ1v) is 10.2. The van der Waals surface area contributed by atoms with Gasteiger partial charge in [-0.05, 0) is 39.3 Å². The quantitative estimate of drug-likeness (QED) is 0.572. The van der Waals surface area contributed by atoms with Gasteiger partial charge >= 0.3 is 5.97 Å². The van der Waals surface area contributed by atoms with Gasteiger partial charge in [-0.15, -0.1) is 0 Å². The lowest BCUT2D eigenvalue weighted by Crippen LogP contribution is -2.39. The maximum atomic E-state index is 13.4. The highest BCUT2D eigenvalue weighted by Gasteiger charge is 2.46. The molecule has 0 atom stereocenters. The maximum Gasteiger partial charge on any atom is 0.344 e. The minimum Gasteiger partial charge on any atom is -0.511 e. The summed E-state index contributed by atoms with van der Waals surface area (Å²) in [5.41, 5.74) is 2.29. The van der Waals surface area contributed by atoms with Gasteiger partial charge < -0.3 is 14.4 Å². The summed E-state index contributed by atoms with van der Waals surface area (Å²) in [5, 5.41) is 11.2. The fourth-order valence-corrected chi connectivity index (χ4v) is 4.19. The number of hydrogen-bond donors (Lipinski definition) is 1. The lowest BCUT2D eigenvalue weighted by atomic mass is 9.80. The highest BCUT2D eigenvalue weighted by Crippen LogP contribution is 2.45. The molecule has 1 N–H and O–H groups in total. The lowest BCUT2D eigenvalue weighted by Gasteiger charge is -2.38. The Labute approximate surface area is 177 Å². The van der Waals surface area contributed by atoms with Crippen molar-refractivity contribution in [2.75, 3.05) is 0 Å². The van der Waals surface area contributed by atoms with Gasteiger partial charge in [-0.1, -0.05) is 60.7 Å². The summed E-state index contributed by atoms with van der Waals surface area (Å²) in [7, 11) is 0. The smallest absolute Gasteiger partial charge is 0.344 e. The van der Waals surface area contributed by atoms with Crippen molar-refractivity contribution in [1.29, 1.82) is 0 Å². The van der Waals surface area contributed by atoms with E-state index in [2.05, 4.69) is 20.8 Å². The molecule has 4 rings (SSSR count). The Hall–Kier alpha value is -3.27. The third kappa shape index (κ3) is 3.32. The second-order valence-electron chi connectivity index (χ2n) is 8.89.